The Morgan fingerprint density at radius 2 is 1.85 bits per heavy atom. The Kier molecular flexibility index (Phi) is 8.54. The molecule has 0 radical (unpaired) electrons. The lowest BCUT2D eigenvalue weighted by Gasteiger charge is -2.38. The van der Waals surface area contributed by atoms with Gasteiger partial charge in [-0.25, -0.2) is 13.4 Å². The number of nitrogens with zero attached hydrogens (tertiary/aromatic N) is 4. The molecule has 0 bridgehead atoms. The molecule has 0 unspecified atom stereocenters. The third kappa shape index (κ3) is 5.99. The molecule has 4 rings (SSSR count). The van der Waals surface area contributed by atoms with Crippen LogP contribution in [0.1, 0.15) is 24.2 Å². The zero-order valence-corrected chi connectivity index (χ0v) is 24.3. The first-order chi connectivity index (χ1) is 18.8. The van der Waals surface area contributed by atoms with Crippen LogP contribution in [0.3, 0.4) is 0 Å². The van der Waals surface area contributed by atoms with Gasteiger partial charge < -0.3 is 19.3 Å². The molecule has 3 aromatic rings. The molecule has 0 fully saturated rings. The lowest BCUT2D eigenvalue weighted by Crippen LogP contribution is -2.50. The third-order valence-corrected chi connectivity index (χ3v) is 9.87. The van der Waals surface area contributed by atoms with E-state index >= 15 is 0 Å². The molecule has 1 aliphatic rings. The summed E-state index contributed by atoms with van der Waals surface area (Å²) in [5.41, 5.74) is 0.0766. The van der Waals surface area contributed by atoms with Crippen LogP contribution in [0.2, 0.25) is 0 Å². The number of hydrogen-bond acceptors (Lipinski definition) is 8. The Morgan fingerprint density at radius 1 is 1.15 bits per heavy atom. The molecule has 1 aromatic heterocycles. The van der Waals surface area contributed by atoms with Gasteiger partial charge in [0.05, 0.1) is 41.7 Å². The number of aromatic nitrogens is 2. The molecule has 12 nitrogen and oxygen atoms in total. The van der Waals surface area contributed by atoms with E-state index in [0.717, 1.165) is 0 Å². The van der Waals surface area contributed by atoms with Gasteiger partial charge in [0, 0.05) is 32.8 Å². The van der Waals surface area contributed by atoms with E-state index in [1.807, 2.05) is 6.92 Å². The van der Waals surface area contributed by atoms with Crippen molar-refractivity contribution in [3.63, 3.8) is 0 Å². The number of nitrogens with one attached hydrogen (secondary N) is 1. The summed E-state index contributed by atoms with van der Waals surface area (Å²) in [4.78, 5) is 19.1. The normalized spacial score (nSPS) is 18.9. The van der Waals surface area contributed by atoms with Gasteiger partial charge in [0.1, 0.15) is 6.10 Å². The summed E-state index contributed by atoms with van der Waals surface area (Å²) in [7, 11) is -4.94. The van der Waals surface area contributed by atoms with Gasteiger partial charge in [-0.1, -0.05) is 31.2 Å². The highest BCUT2D eigenvalue weighted by molar-refractivity contribution is 7.92. The van der Waals surface area contributed by atoms with Crippen LogP contribution in [-0.2, 0) is 27.1 Å². The standard InChI is InChI=1S/C26H33N5O7S2/c1-18-13-31(19(2)16-32)26(33)21-11-8-12-22(28-39(34,35)24-15-29(3)17-27-24)25(21)38-23(18)14-30(4)40(36,37)20-9-6-5-7-10-20/h5-12,15,17-19,23,28,32H,13-14,16H2,1-4H3/t18-,19-,23+/m1/s1. The first kappa shape index (κ1) is 29.5. The first-order valence-electron chi connectivity index (χ1n) is 12.6. The number of anilines is 1. The number of para-hydroxylation sites is 1. The molecule has 1 aliphatic heterocycles. The van der Waals surface area contributed by atoms with Crippen LogP contribution in [-0.4, -0.2) is 85.5 Å². The highest BCUT2D eigenvalue weighted by Gasteiger charge is 2.36. The van der Waals surface area contributed by atoms with Crippen molar-refractivity contribution in [2.45, 2.75) is 35.9 Å². The van der Waals surface area contributed by atoms with Crippen molar-refractivity contribution >= 4 is 31.6 Å². The van der Waals surface area contributed by atoms with Crippen LogP contribution in [0.15, 0.2) is 71.0 Å². The number of imidazole rings is 1. The SMILES string of the molecule is C[C@@H]1CN([C@H](C)CO)C(=O)c2cccc(NS(=O)(=O)c3cn(C)cn3)c2O[C@H]1CN(C)S(=O)(=O)c1ccccc1. The molecule has 40 heavy (non-hydrogen) atoms. The minimum atomic E-state index is -4.15. The van der Waals surface area contributed by atoms with Crippen LogP contribution in [0, 0.1) is 5.92 Å². The average molecular weight is 592 g/mol. The summed E-state index contributed by atoms with van der Waals surface area (Å²) in [6.45, 7) is 3.29. The summed E-state index contributed by atoms with van der Waals surface area (Å²) >= 11 is 0. The Balaban J connectivity index is 1.76. The molecule has 3 atom stereocenters. The summed E-state index contributed by atoms with van der Waals surface area (Å²) in [6.07, 6.45) is 1.89. The maximum Gasteiger partial charge on any atom is 0.281 e. The van der Waals surface area contributed by atoms with E-state index in [1.165, 1.54) is 63.7 Å². The number of amides is 1. The van der Waals surface area contributed by atoms with Gasteiger partial charge in [-0.05, 0) is 31.2 Å². The summed E-state index contributed by atoms with van der Waals surface area (Å²) in [6, 6.07) is 11.9. The number of hydrogen-bond donors (Lipinski definition) is 2. The minimum absolute atomic E-state index is 0.000717. The number of rotatable bonds is 9. The minimum Gasteiger partial charge on any atom is -0.486 e. The number of likely N-dealkylation sites (N-methyl/N-ethyl adjacent to an activating group) is 1. The highest BCUT2D eigenvalue weighted by atomic mass is 32.2. The molecule has 216 valence electrons. The number of carbonyl (C=O) groups is 1. The fourth-order valence-electron chi connectivity index (χ4n) is 4.39. The van der Waals surface area contributed by atoms with Crippen molar-refractivity contribution in [1.82, 2.24) is 18.8 Å². The predicted molar refractivity (Wildman–Crippen MR) is 148 cm³/mol. The highest BCUT2D eigenvalue weighted by Crippen LogP contribution is 2.36. The lowest BCUT2D eigenvalue weighted by molar-refractivity contribution is 0.0389. The molecule has 0 saturated carbocycles. The van der Waals surface area contributed by atoms with E-state index in [2.05, 4.69) is 9.71 Å². The second-order valence-corrected chi connectivity index (χ2v) is 13.6. The van der Waals surface area contributed by atoms with Crippen LogP contribution < -0.4 is 9.46 Å². The smallest absolute Gasteiger partial charge is 0.281 e. The number of carbonyl (C=O) groups excluding carboxylic acids is 1. The monoisotopic (exact) mass is 591 g/mol. The average Bonchev–Trinajstić information content (AvgIpc) is 3.38. The summed E-state index contributed by atoms with van der Waals surface area (Å²) < 4.78 is 64.2. The van der Waals surface area contributed by atoms with E-state index in [4.69, 9.17) is 4.74 Å². The summed E-state index contributed by atoms with van der Waals surface area (Å²) in [5, 5.41) is 9.64. The first-order valence-corrected chi connectivity index (χ1v) is 15.5. The van der Waals surface area contributed by atoms with Gasteiger partial charge in [0.25, 0.3) is 15.9 Å². The summed E-state index contributed by atoms with van der Waals surface area (Å²) in [5.74, 6) is -0.893. The quantitative estimate of drug-likeness (QED) is 0.382. The van der Waals surface area contributed by atoms with Crippen LogP contribution in [0.5, 0.6) is 5.75 Å². The Hall–Kier alpha value is -3.46. The maximum absolute atomic E-state index is 13.6. The second kappa shape index (κ2) is 11.6. The fraction of sp³-hybridized carbons (Fsp3) is 0.385. The van der Waals surface area contributed by atoms with Crippen LogP contribution >= 0.6 is 0 Å². The zero-order chi connectivity index (χ0) is 29.2. The number of aryl methyl sites for hydroxylation is 1. The van der Waals surface area contributed by atoms with Gasteiger partial charge in [-0.3, -0.25) is 9.52 Å². The molecule has 2 N–H and O–H groups in total. The fourth-order valence-corrected chi connectivity index (χ4v) is 6.64. The molecule has 0 saturated heterocycles. The number of aliphatic hydroxyl groups excluding tert-OH is 1. The van der Waals surface area contributed by atoms with Gasteiger partial charge in [0.15, 0.2) is 10.8 Å². The van der Waals surface area contributed by atoms with Crippen molar-refractivity contribution in [2.24, 2.45) is 13.0 Å². The molecular formula is C26H33N5O7S2. The Labute approximate surface area is 234 Å². The molecule has 2 heterocycles. The maximum atomic E-state index is 13.6. The molecule has 0 spiro atoms. The van der Waals surface area contributed by atoms with Crippen LogP contribution in [0.25, 0.3) is 0 Å². The van der Waals surface area contributed by atoms with Gasteiger partial charge in [-0.2, -0.15) is 12.7 Å². The number of sulfonamides is 2. The van der Waals surface area contributed by atoms with Crippen molar-refractivity contribution in [1.29, 1.82) is 0 Å². The van der Waals surface area contributed by atoms with E-state index in [9.17, 15) is 26.7 Å². The third-order valence-electron chi connectivity index (χ3n) is 6.78. The molecule has 2 aromatic carbocycles. The Bertz CT molecular complexity index is 1580. The van der Waals surface area contributed by atoms with E-state index in [-0.39, 0.29) is 46.6 Å². The Morgan fingerprint density at radius 3 is 2.48 bits per heavy atom. The van der Waals surface area contributed by atoms with E-state index in [0.29, 0.717) is 0 Å². The van der Waals surface area contributed by atoms with Crippen molar-refractivity contribution in [3.8, 4) is 5.75 Å². The lowest BCUT2D eigenvalue weighted by atomic mass is 9.99. The van der Waals surface area contributed by atoms with E-state index in [1.54, 1.807) is 32.2 Å². The van der Waals surface area contributed by atoms with Crippen molar-refractivity contribution < 1.29 is 31.5 Å². The molecule has 14 heteroatoms. The topological polar surface area (TPSA) is 151 Å². The second-order valence-electron chi connectivity index (χ2n) is 9.89. The molecule has 0 aliphatic carbocycles. The predicted octanol–water partition coefficient (Wildman–Crippen LogP) is 1.76. The zero-order valence-electron chi connectivity index (χ0n) is 22.6. The number of benzene rings is 2. The molecule has 1 amide bonds. The number of ether oxygens (including phenoxy) is 1. The van der Waals surface area contributed by atoms with Gasteiger partial charge >= 0.3 is 0 Å². The molecular weight excluding hydrogens is 558 g/mol. The van der Waals surface area contributed by atoms with Crippen molar-refractivity contribution in [2.75, 3.05) is 31.5 Å². The van der Waals surface area contributed by atoms with E-state index < -0.39 is 44.0 Å². The van der Waals surface area contributed by atoms with Gasteiger partial charge in [0.2, 0.25) is 10.0 Å². The largest absolute Gasteiger partial charge is 0.486 e. The van der Waals surface area contributed by atoms with Gasteiger partial charge in [-0.15, -0.1) is 0 Å². The van der Waals surface area contributed by atoms with Crippen LogP contribution in [0.4, 0.5) is 5.69 Å². The van der Waals surface area contributed by atoms with Crippen molar-refractivity contribution in [3.05, 3.63) is 66.6 Å². The number of fused-ring (bicyclic) bond motifs is 1. The number of aliphatic hydroxyl groups is 1.